The molecule has 0 saturated heterocycles. The van der Waals surface area contributed by atoms with Gasteiger partial charge in [0.05, 0.1) is 10.0 Å². The molecule has 0 aliphatic heterocycles. The first-order valence-electron chi connectivity index (χ1n) is 5.32. The summed E-state index contributed by atoms with van der Waals surface area (Å²) in [6.07, 6.45) is 0. The predicted molar refractivity (Wildman–Crippen MR) is 77.7 cm³/mol. The molecule has 19 heavy (non-hydrogen) atoms. The van der Waals surface area contributed by atoms with Gasteiger partial charge in [-0.15, -0.1) is 0 Å². The van der Waals surface area contributed by atoms with E-state index < -0.39 is 0 Å². The third-order valence-electron chi connectivity index (χ3n) is 2.18. The number of anilines is 1. The number of pyridine rings is 1. The molecule has 100 valence electrons. The van der Waals surface area contributed by atoms with E-state index in [4.69, 9.17) is 29.0 Å². The van der Waals surface area contributed by atoms with Crippen LogP contribution in [-0.4, -0.2) is 15.0 Å². The Balaban J connectivity index is 2.37. The van der Waals surface area contributed by atoms with E-state index in [0.29, 0.717) is 26.0 Å². The normalized spacial score (nSPS) is 10.6. The first-order chi connectivity index (χ1) is 8.99. The van der Waals surface area contributed by atoms with Crippen molar-refractivity contribution < 1.29 is 0 Å². The molecule has 0 radical (unpaired) electrons. The molecule has 0 saturated carbocycles. The molecule has 8 heteroatoms. The molecule has 0 aliphatic rings. The number of nitrogens with two attached hydrogens (primary N) is 1. The van der Waals surface area contributed by atoms with Gasteiger partial charge in [-0.05, 0) is 37.7 Å². The van der Waals surface area contributed by atoms with E-state index in [9.17, 15) is 0 Å². The smallest absolute Gasteiger partial charge is 0.194 e. The minimum absolute atomic E-state index is 0.359. The van der Waals surface area contributed by atoms with Crippen molar-refractivity contribution in [3.05, 3.63) is 33.6 Å². The zero-order valence-electron chi connectivity index (χ0n) is 10.2. The first kappa shape index (κ1) is 14.3. The second kappa shape index (κ2) is 5.92. The van der Waals surface area contributed by atoms with Crippen LogP contribution in [-0.2, 0) is 0 Å². The van der Waals surface area contributed by atoms with Crippen LogP contribution < -0.4 is 11.3 Å². The van der Waals surface area contributed by atoms with E-state index >= 15 is 0 Å². The summed E-state index contributed by atoms with van der Waals surface area (Å²) in [5.41, 5.74) is 4.19. The van der Waals surface area contributed by atoms with Gasteiger partial charge in [-0.3, -0.25) is 0 Å². The Morgan fingerprint density at radius 2 is 1.68 bits per heavy atom. The first-order valence-corrected chi connectivity index (χ1v) is 6.89. The monoisotopic (exact) mass is 315 g/mol. The van der Waals surface area contributed by atoms with E-state index in [1.165, 1.54) is 11.8 Å². The standard InChI is InChI=1S/C11H11Cl2N5S/c1-5-3-6(2)16-11(15-5)19-10-8(13)4-7(12)9(17-10)18-14/h3-4H,14H2,1-2H3,(H,17,18). The van der Waals surface area contributed by atoms with Crippen LogP contribution in [0, 0.1) is 13.8 Å². The summed E-state index contributed by atoms with van der Waals surface area (Å²) in [4.78, 5) is 12.9. The van der Waals surface area contributed by atoms with Crippen molar-refractivity contribution in [3.63, 3.8) is 0 Å². The van der Waals surface area contributed by atoms with E-state index in [1.54, 1.807) is 6.07 Å². The third kappa shape index (κ3) is 3.48. The summed E-state index contributed by atoms with van der Waals surface area (Å²) in [5.74, 6) is 5.69. The minimum Gasteiger partial charge on any atom is -0.307 e. The zero-order chi connectivity index (χ0) is 14.0. The quantitative estimate of drug-likeness (QED) is 0.514. The minimum atomic E-state index is 0.359. The van der Waals surface area contributed by atoms with Crippen LogP contribution in [0.5, 0.6) is 0 Å². The highest BCUT2D eigenvalue weighted by atomic mass is 35.5. The van der Waals surface area contributed by atoms with Gasteiger partial charge in [0.2, 0.25) is 0 Å². The van der Waals surface area contributed by atoms with Crippen molar-refractivity contribution >= 4 is 40.8 Å². The highest BCUT2D eigenvalue weighted by Gasteiger charge is 2.12. The fraction of sp³-hybridized carbons (Fsp3) is 0.182. The van der Waals surface area contributed by atoms with E-state index in [1.807, 2.05) is 19.9 Å². The predicted octanol–water partition coefficient (Wildman–Crippen LogP) is 3.23. The Bertz CT molecular complexity index is 600. The van der Waals surface area contributed by atoms with Crippen LogP contribution in [0.2, 0.25) is 10.0 Å². The number of rotatable bonds is 3. The third-order valence-corrected chi connectivity index (χ3v) is 3.74. The van der Waals surface area contributed by atoms with Crippen LogP contribution in [0.25, 0.3) is 0 Å². The average molecular weight is 316 g/mol. The summed E-state index contributed by atoms with van der Waals surface area (Å²) < 4.78 is 0. The number of nitrogens with one attached hydrogen (secondary N) is 1. The SMILES string of the molecule is Cc1cc(C)nc(Sc2nc(NN)c(Cl)cc2Cl)n1. The summed E-state index contributed by atoms with van der Waals surface area (Å²) in [6, 6.07) is 3.48. The number of nitrogens with zero attached hydrogens (tertiary/aromatic N) is 3. The van der Waals surface area contributed by atoms with Crippen molar-refractivity contribution in [2.45, 2.75) is 24.0 Å². The maximum atomic E-state index is 6.10. The van der Waals surface area contributed by atoms with Crippen LogP contribution in [0.4, 0.5) is 5.82 Å². The Labute approximate surface area is 124 Å². The van der Waals surface area contributed by atoms with E-state index in [0.717, 1.165) is 11.4 Å². The van der Waals surface area contributed by atoms with E-state index in [2.05, 4.69) is 20.4 Å². The van der Waals surface area contributed by atoms with Crippen molar-refractivity contribution in [2.75, 3.05) is 5.43 Å². The van der Waals surface area contributed by atoms with Crippen molar-refractivity contribution in [2.24, 2.45) is 5.84 Å². The lowest BCUT2D eigenvalue weighted by atomic mass is 10.4. The zero-order valence-corrected chi connectivity index (χ0v) is 12.6. The lowest BCUT2D eigenvalue weighted by Crippen LogP contribution is -2.09. The Hall–Kier alpha value is -1.08. The molecule has 0 atom stereocenters. The molecule has 0 fully saturated rings. The van der Waals surface area contributed by atoms with Gasteiger partial charge in [0.25, 0.3) is 0 Å². The molecule has 2 aromatic heterocycles. The average Bonchev–Trinajstić information content (AvgIpc) is 2.31. The van der Waals surface area contributed by atoms with Crippen molar-refractivity contribution in [1.29, 1.82) is 0 Å². The highest BCUT2D eigenvalue weighted by molar-refractivity contribution is 7.99. The molecule has 5 nitrogen and oxygen atoms in total. The molecular weight excluding hydrogens is 305 g/mol. The molecule has 0 amide bonds. The molecule has 0 aliphatic carbocycles. The molecular formula is C11H11Cl2N5S. The second-order valence-corrected chi connectivity index (χ2v) is 5.56. The van der Waals surface area contributed by atoms with Gasteiger partial charge in [-0.2, -0.15) is 0 Å². The lowest BCUT2D eigenvalue weighted by Gasteiger charge is -2.08. The summed E-state index contributed by atoms with van der Waals surface area (Å²) in [7, 11) is 0. The number of hydrogen-bond donors (Lipinski definition) is 2. The number of halogens is 2. The fourth-order valence-corrected chi connectivity index (χ4v) is 2.82. The number of hydrogen-bond acceptors (Lipinski definition) is 6. The van der Waals surface area contributed by atoms with Gasteiger partial charge < -0.3 is 5.43 Å². The summed E-state index contributed by atoms with van der Waals surface area (Å²) in [5, 5.41) is 1.91. The highest BCUT2D eigenvalue weighted by Crippen LogP contribution is 2.34. The maximum Gasteiger partial charge on any atom is 0.194 e. The molecule has 2 heterocycles. The summed E-state index contributed by atoms with van der Waals surface area (Å²) >= 11 is 13.3. The van der Waals surface area contributed by atoms with Crippen LogP contribution in [0.3, 0.4) is 0 Å². The fourth-order valence-electron chi connectivity index (χ4n) is 1.45. The van der Waals surface area contributed by atoms with Gasteiger partial charge in [0.15, 0.2) is 11.0 Å². The van der Waals surface area contributed by atoms with Gasteiger partial charge in [-0.25, -0.2) is 20.8 Å². The van der Waals surface area contributed by atoms with Crippen LogP contribution in [0.15, 0.2) is 22.3 Å². The molecule has 0 aromatic carbocycles. The molecule has 0 bridgehead atoms. The van der Waals surface area contributed by atoms with Crippen molar-refractivity contribution in [1.82, 2.24) is 15.0 Å². The Kier molecular flexibility index (Phi) is 4.46. The van der Waals surface area contributed by atoms with Gasteiger partial charge in [-0.1, -0.05) is 23.2 Å². The molecule has 3 N–H and O–H groups in total. The number of hydrazine groups is 1. The molecule has 0 unspecified atom stereocenters. The number of aromatic nitrogens is 3. The number of aryl methyl sites for hydroxylation is 2. The summed E-state index contributed by atoms with van der Waals surface area (Å²) in [6.45, 7) is 3.81. The largest absolute Gasteiger partial charge is 0.307 e. The van der Waals surface area contributed by atoms with E-state index in [-0.39, 0.29) is 0 Å². The van der Waals surface area contributed by atoms with Gasteiger partial charge >= 0.3 is 0 Å². The molecule has 2 rings (SSSR count). The Morgan fingerprint density at radius 1 is 1.05 bits per heavy atom. The Morgan fingerprint density at radius 3 is 2.26 bits per heavy atom. The van der Waals surface area contributed by atoms with Crippen molar-refractivity contribution in [3.8, 4) is 0 Å². The van der Waals surface area contributed by atoms with Crippen LogP contribution >= 0.6 is 35.0 Å². The van der Waals surface area contributed by atoms with Gasteiger partial charge in [0.1, 0.15) is 5.03 Å². The topological polar surface area (TPSA) is 76.7 Å². The molecule has 2 aromatic rings. The number of nitrogen functional groups attached to an aromatic ring is 1. The maximum absolute atomic E-state index is 6.10. The second-order valence-electron chi connectivity index (χ2n) is 3.79. The lowest BCUT2D eigenvalue weighted by molar-refractivity contribution is 0.899. The molecule has 0 spiro atoms. The van der Waals surface area contributed by atoms with Crippen LogP contribution in [0.1, 0.15) is 11.4 Å². The van der Waals surface area contributed by atoms with Gasteiger partial charge in [0, 0.05) is 11.4 Å².